The summed E-state index contributed by atoms with van der Waals surface area (Å²) in [7, 11) is 4.12. The van der Waals surface area contributed by atoms with Gasteiger partial charge >= 0.3 is 0 Å². The quantitative estimate of drug-likeness (QED) is 0.488. The van der Waals surface area contributed by atoms with Crippen molar-refractivity contribution in [3.05, 3.63) is 51.0 Å². The summed E-state index contributed by atoms with van der Waals surface area (Å²) < 4.78 is 5.98. The molecule has 2 aromatic rings. The van der Waals surface area contributed by atoms with E-state index in [4.69, 9.17) is 4.74 Å². The van der Waals surface area contributed by atoms with Gasteiger partial charge in [0.15, 0.2) is 0 Å². The molecule has 0 fully saturated rings. The molecule has 0 spiro atoms. The lowest BCUT2D eigenvalue weighted by Crippen LogP contribution is -2.03. The second-order valence-electron chi connectivity index (χ2n) is 3.82. The normalized spacial score (nSPS) is 10.3. The lowest BCUT2D eigenvalue weighted by molar-refractivity contribution is -0.384. The van der Waals surface area contributed by atoms with Crippen molar-refractivity contribution in [1.29, 1.82) is 0 Å². The molecule has 0 heterocycles. The van der Waals surface area contributed by atoms with Gasteiger partial charge in [-0.05, 0) is 33.4 Å². The first kappa shape index (κ1) is 14.0. The Morgan fingerprint density at radius 3 is 2.53 bits per heavy atom. The number of nitro benzene ring substituents is 1. The van der Waals surface area contributed by atoms with Crippen LogP contribution in [0.2, 0.25) is 0 Å². The molecule has 6 heteroatoms. The van der Waals surface area contributed by atoms with Gasteiger partial charge in [0.2, 0.25) is 0 Å². The molecular weight excluding hydrogens is 329 g/mol. The molecule has 0 aromatic heterocycles. The van der Waals surface area contributed by atoms with Crippen molar-refractivity contribution < 1.29 is 9.66 Å². The van der Waals surface area contributed by atoms with Gasteiger partial charge in [-0.25, -0.2) is 0 Å². The van der Waals surface area contributed by atoms with E-state index in [1.54, 1.807) is 25.3 Å². The molecule has 0 saturated carbocycles. The zero-order valence-electron chi connectivity index (χ0n) is 10.1. The summed E-state index contributed by atoms with van der Waals surface area (Å²) in [6.07, 6.45) is 0. The third kappa shape index (κ3) is 2.62. The van der Waals surface area contributed by atoms with Gasteiger partial charge in [0.05, 0.1) is 17.6 Å². The summed E-state index contributed by atoms with van der Waals surface area (Å²) in [5.74, 6) is 0.600. The van der Waals surface area contributed by atoms with Gasteiger partial charge < -0.3 is 4.74 Å². The number of hydrogen-bond acceptors (Lipinski definition) is 3. The van der Waals surface area contributed by atoms with Crippen LogP contribution in [0.1, 0.15) is 0 Å². The summed E-state index contributed by atoms with van der Waals surface area (Å²) in [4.78, 5) is 10.8. The summed E-state index contributed by atoms with van der Waals surface area (Å²) in [5.41, 5.74) is 1.27. The fraction of sp³-hybridized carbons (Fsp3) is 0.0769. The third-order valence-corrected chi connectivity index (χ3v) is 3.86. The highest BCUT2D eigenvalue weighted by atomic mass is 79.9. The molecule has 0 aliphatic heterocycles. The Morgan fingerprint density at radius 1 is 1.21 bits per heavy atom. The number of halogens is 1. The first-order chi connectivity index (χ1) is 9.06. The van der Waals surface area contributed by atoms with E-state index >= 15 is 0 Å². The molecule has 0 saturated heterocycles. The predicted molar refractivity (Wildman–Crippen MR) is 82.1 cm³/mol. The van der Waals surface area contributed by atoms with Gasteiger partial charge in [0.25, 0.3) is 5.69 Å². The SMILES string of the molecule is COc1cccc(P)c1-c1c(Br)cccc1[N+](=O)[O-]. The number of nitro groups is 1. The molecular formula is C13H11BrNO3P. The van der Waals surface area contributed by atoms with Crippen LogP contribution >= 0.6 is 25.2 Å². The van der Waals surface area contributed by atoms with Crippen LogP contribution in [0.25, 0.3) is 11.1 Å². The summed E-state index contributed by atoms with van der Waals surface area (Å²) in [6, 6.07) is 10.4. The molecule has 0 radical (unpaired) electrons. The van der Waals surface area contributed by atoms with E-state index in [2.05, 4.69) is 25.2 Å². The molecule has 2 aromatic carbocycles. The van der Waals surface area contributed by atoms with Gasteiger partial charge in [-0.15, -0.1) is 9.24 Å². The fourth-order valence-corrected chi connectivity index (χ4v) is 2.85. The molecule has 0 aliphatic carbocycles. The van der Waals surface area contributed by atoms with Crippen LogP contribution in [0.5, 0.6) is 5.75 Å². The summed E-state index contributed by atoms with van der Waals surface area (Å²) >= 11 is 3.38. The number of nitrogens with zero attached hydrogens (tertiary/aromatic N) is 1. The molecule has 19 heavy (non-hydrogen) atoms. The van der Waals surface area contributed by atoms with Crippen molar-refractivity contribution in [2.45, 2.75) is 0 Å². The molecule has 98 valence electrons. The van der Waals surface area contributed by atoms with Crippen molar-refractivity contribution in [2.24, 2.45) is 0 Å². The topological polar surface area (TPSA) is 52.4 Å². The van der Waals surface area contributed by atoms with E-state index in [-0.39, 0.29) is 5.69 Å². The van der Waals surface area contributed by atoms with Gasteiger partial charge in [0.1, 0.15) is 5.75 Å². The summed E-state index contributed by atoms with van der Waals surface area (Å²) in [5, 5.41) is 12.0. The maximum atomic E-state index is 11.2. The minimum absolute atomic E-state index is 0.0441. The Kier molecular flexibility index (Phi) is 4.17. The van der Waals surface area contributed by atoms with E-state index in [0.717, 1.165) is 5.30 Å². The number of hydrogen-bond donors (Lipinski definition) is 0. The molecule has 0 bridgehead atoms. The van der Waals surface area contributed by atoms with Gasteiger partial charge in [-0.2, -0.15) is 0 Å². The van der Waals surface area contributed by atoms with Crippen LogP contribution in [0.15, 0.2) is 40.9 Å². The predicted octanol–water partition coefficient (Wildman–Crippen LogP) is 3.53. The van der Waals surface area contributed by atoms with Crippen molar-refractivity contribution in [3.8, 4) is 16.9 Å². The minimum Gasteiger partial charge on any atom is -0.496 e. The van der Waals surface area contributed by atoms with Crippen LogP contribution < -0.4 is 10.0 Å². The number of ether oxygens (including phenoxy) is 1. The van der Waals surface area contributed by atoms with Crippen LogP contribution in [0, 0.1) is 10.1 Å². The molecule has 0 aliphatic rings. The van der Waals surface area contributed by atoms with Crippen molar-refractivity contribution in [2.75, 3.05) is 7.11 Å². The molecule has 0 amide bonds. The number of benzene rings is 2. The van der Waals surface area contributed by atoms with E-state index in [1.165, 1.54) is 6.07 Å². The molecule has 0 N–H and O–H groups in total. The Labute approximate surface area is 121 Å². The lowest BCUT2D eigenvalue weighted by atomic mass is 10.0. The van der Waals surface area contributed by atoms with Crippen molar-refractivity contribution in [3.63, 3.8) is 0 Å². The average Bonchev–Trinajstić information content (AvgIpc) is 2.38. The Balaban J connectivity index is 2.82. The standard InChI is InChI=1S/C13H11BrNO3P/c1-18-10-6-3-7-11(19)13(10)12-8(14)4-2-5-9(12)15(16)17/h2-7H,19H2,1H3. The van der Waals surface area contributed by atoms with E-state index in [9.17, 15) is 10.1 Å². The Morgan fingerprint density at radius 2 is 1.89 bits per heavy atom. The third-order valence-electron chi connectivity index (χ3n) is 2.72. The smallest absolute Gasteiger partial charge is 0.278 e. The first-order valence-corrected chi connectivity index (χ1v) is 6.79. The van der Waals surface area contributed by atoms with Gasteiger partial charge in [-0.3, -0.25) is 10.1 Å². The molecule has 2 rings (SSSR count). The zero-order valence-corrected chi connectivity index (χ0v) is 12.8. The lowest BCUT2D eigenvalue weighted by Gasteiger charge is -2.13. The average molecular weight is 340 g/mol. The van der Waals surface area contributed by atoms with Crippen LogP contribution in [0.3, 0.4) is 0 Å². The second kappa shape index (κ2) is 5.68. The first-order valence-electron chi connectivity index (χ1n) is 5.42. The van der Waals surface area contributed by atoms with Crippen LogP contribution in [0.4, 0.5) is 5.69 Å². The number of methoxy groups -OCH3 is 1. The van der Waals surface area contributed by atoms with Crippen LogP contribution in [-0.2, 0) is 0 Å². The highest BCUT2D eigenvalue weighted by molar-refractivity contribution is 9.10. The largest absolute Gasteiger partial charge is 0.496 e. The number of rotatable bonds is 3. The monoisotopic (exact) mass is 339 g/mol. The maximum absolute atomic E-state index is 11.2. The summed E-state index contributed by atoms with van der Waals surface area (Å²) in [6.45, 7) is 0. The van der Waals surface area contributed by atoms with Gasteiger partial charge in [-0.1, -0.05) is 18.2 Å². The molecule has 4 nitrogen and oxygen atoms in total. The molecule has 1 unspecified atom stereocenters. The van der Waals surface area contributed by atoms with E-state index < -0.39 is 4.92 Å². The zero-order chi connectivity index (χ0) is 14.0. The van der Waals surface area contributed by atoms with Gasteiger partial charge in [0, 0.05) is 16.1 Å². The Bertz CT molecular complexity index is 646. The van der Waals surface area contributed by atoms with Crippen molar-refractivity contribution >= 4 is 36.2 Å². The molecule has 1 atom stereocenters. The maximum Gasteiger partial charge on any atom is 0.278 e. The highest BCUT2D eigenvalue weighted by Gasteiger charge is 2.22. The highest BCUT2D eigenvalue weighted by Crippen LogP contribution is 2.40. The second-order valence-corrected chi connectivity index (χ2v) is 5.29. The van der Waals surface area contributed by atoms with Crippen molar-refractivity contribution in [1.82, 2.24) is 0 Å². The van der Waals surface area contributed by atoms with E-state index in [0.29, 0.717) is 21.3 Å². The fourth-order valence-electron chi connectivity index (χ4n) is 1.90. The Hall–Kier alpha value is -1.45. The minimum atomic E-state index is -0.392. The van der Waals surface area contributed by atoms with Crippen LogP contribution in [-0.4, -0.2) is 12.0 Å². The van der Waals surface area contributed by atoms with E-state index in [1.807, 2.05) is 12.1 Å².